The Morgan fingerprint density at radius 3 is 2.55 bits per heavy atom. The summed E-state index contributed by atoms with van der Waals surface area (Å²) >= 11 is 0. The monoisotopic (exact) mass is 298 g/mol. The van der Waals surface area contributed by atoms with E-state index in [9.17, 15) is 4.79 Å². The number of aryl methyl sites for hydroxylation is 2. The van der Waals surface area contributed by atoms with Crippen LogP contribution in [0.15, 0.2) is 18.2 Å². The molecule has 1 aromatic rings. The second-order valence-electron chi connectivity index (χ2n) is 4.48. The largest absolute Gasteiger partial charge is 0.326 e. The zero-order chi connectivity index (χ0) is 13.8. The molecule has 110 valence electrons. The molecule has 1 aliphatic rings. The van der Waals surface area contributed by atoms with E-state index >= 15 is 0 Å². The number of carbonyl (C=O) groups excluding carboxylic acids is 1. The van der Waals surface area contributed by atoms with E-state index in [1.807, 2.05) is 32.0 Å². The molecule has 2 amide bonds. The van der Waals surface area contributed by atoms with Gasteiger partial charge in [-0.1, -0.05) is 18.2 Å². The molecule has 0 saturated carbocycles. The van der Waals surface area contributed by atoms with Crippen molar-refractivity contribution in [2.75, 3.05) is 18.5 Å². The number of para-hydroxylation sites is 1. The van der Waals surface area contributed by atoms with E-state index in [0.29, 0.717) is 13.2 Å². The standard InChI is InChI=1S/C13H18N4O2.ClH/c1-9-5-3-6-10(2)11(9)15-13(18)16-12(14)17-7-4-8-19-17;/h3,5-6H,4,7-8H2,1-2H3,(H3,14,15,16,18);1H. The number of halogens is 1. The molecule has 0 unspecified atom stereocenters. The Morgan fingerprint density at radius 2 is 2.00 bits per heavy atom. The Morgan fingerprint density at radius 1 is 1.35 bits per heavy atom. The van der Waals surface area contributed by atoms with Crippen LogP contribution in [0.25, 0.3) is 0 Å². The van der Waals surface area contributed by atoms with Gasteiger partial charge in [-0.2, -0.15) is 0 Å². The van der Waals surface area contributed by atoms with Crippen LogP contribution in [0.5, 0.6) is 0 Å². The molecular formula is C13H19ClN4O2. The lowest BCUT2D eigenvalue weighted by atomic mass is 10.1. The third-order valence-corrected chi connectivity index (χ3v) is 2.95. The lowest BCUT2D eigenvalue weighted by Gasteiger charge is -2.18. The van der Waals surface area contributed by atoms with E-state index in [1.54, 1.807) is 0 Å². The normalized spacial score (nSPS) is 13.6. The summed E-state index contributed by atoms with van der Waals surface area (Å²) in [4.78, 5) is 17.0. The summed E-state index contributed by atoms with van der Waals surface area (Å²) in [6.07, 6.45) is 0.864. The van der Waals surface area contributed by atoms with Crippen molar-refractivity contribution in [2.24, 2.45) is 0 Å². The summed E-state index contributed by atoms with van der Waals surface area (Å²) in [5.41, 5.74) is 2.74. The molecule has 0 bridgehead atoms. The Kier molecular flexibility index (Phi) is 5.79. The highest BCUT2D eigenvalue weighted by atomic mass is 35.5. The first-order valence-electron chi connectivity index (χ1n) is 6.21. The number of nitrogens with one attached hydrogen (secondary N) is 3. The maximum atomic E-state index is 11.8. The number of benzene rings is 1. The van der Waals surface area contributed by atoms with Gasteiger partial charge in [-0.05, 0) is 31.4 Å². The molecule has 0 radical (unpaired) electrons. The first-order valence-corrected chi connectivity index (χ1v) is 6.21. The molecule has 1 heterocycles. The second kappa shape index (κ2) is 7.12. The van der Waals surface area contributed by atoms with E-state index in [4.69, 9.17) is 10.2 Å². The Labute approximate surface area is 124 Å². The number of rotatable bonds is 1. The quantitative estimate of drug-likeness (QED) is 0.550. The van der Waals surface area contributed by atoms with Crippen LogP contribution in [0.2, 0.25) is 0 Å². The number of hydrogen-bond acceptors (Lipinski definition) is 3. The maximum Gasteiger partial charge on any atom is 0.326 e. The highest BCUT2D eigenvalue weighted by molar-refractivity contribution is 6.01. The number of guanidine groups is 1. The summed E-state index contributed by atoms with van der Waals surface area (Å²) < 4.78 is 0. The molecule has 20 heavy (non-hydrogen) atoms. The van der Waals surface area contributed by atoms with Crippen LogP contribution in [-0.4, -0.2) is 30.2 Å². The molecule has 0 atom stereocenters. The molecule has 2 rings (SSSR count). The fourth-order valence-electron chi connectivity index (χ4n) is 1.95. The van der Waals surface area contributed by atoms with Crippen molar-refractivity contribution in [1.82, 2.24) is 10.4 Å². The molecule has 7 heteroatoms. The third kappa shape index (κ3) is 3.85. The van der Waals surface area contributed by atoms with E-state index in [1.165, 1.54) is 5.06 Å². The first-order chi connectivity index (χ1) is 9.08. The number of hydrogen-bond donors (Lipinski definition) is 3. The SMILES string of the molecule is Cc1cccc(C)c1NC(=O)NC(=N)N1CCCO1.Cl. The highest BCUT2D eigenvalue weighted by Crippen LogP contribution is 2.19. The molecule has 0 aliphatic carbocycles. The Balaban J connectivity index is 0.00000200. The van der Waals surface area contributed by atoms with E-state index in [2.05, 4.69) is 10.6 Å². The predicted octanol–water partition coefficient (Wildman–Crippen LogP) is 2.42. The summed E-state index contributed by atoms with van der Waals surface area (Å²) in [7, 11) is 0. The van der Waals surface area contributed by atoms with E-state index in [-0.39, 0.29) is 18.4 Å². The van der Waals surface area contributed by atoms with Gasteiger partial charge in [0.1, 0.15) is 0 Å². The number of nitrogens with zero attached hydrogens (tertiary/aromatic N) is 1. The molecule has 1 aromatic carbocycles. The zero-order valence-electron chi connectivity index (χ0n) is 11.5. The summed E-state index contributed by atoms with van der Waals surface area (Å²) in [6, 6.07) is 5.36. The number of urea groups is 1. The van der Waals surface area contributed by atoms with Gasteiger partial charge in [-0.15, -0.1) is 12.4 Å². The van der Waals surface area contributed by atoms with Crippen molar-refractivity contribution < 1.29 is 9.63 Å². The Hall–Kier alpha value is -1.79. The van der Waals surface area contributed by atoms with Gasteiger partial charge in [0.25, 0.3) is 0 Å². The van der Waals surface area contributed by atoms with Crippen LogP contribution in [0.4, 0.5) is 10.5 Å². The first kappa shape index (κ1) is 16.3. The molecule has 6 nitrogen and oxygen atoms in total. The van der Waals surface area contributed by atoms with Crippen molar-refractivity contribution in [1.29, 1.82) is 5.41 Å². The molecule has 1 fully saturated rings. The van der Waals surface area contributed by atoms with Crippen LogP contribution >= 0.6 is 12.4 Å². The van der Waals surface area contributed by atoms with Gasteiger partial charge in [-0.3, -0.25) is 15.6 Å². The maximum absolute atomic E-state index is 11.8. The van der Waals surface area contributed by atoms with Crippen molar-refractivity contribution >= 4 is 30.1 Å². The summed E-state index contributed by atoms with van der Waals surface area (Å²) in [5, 5.41) is 14.3. The van der Waals surface area contributed by atoms with Crippen molar-refractivity contribution in [3.8, 4) is 0 Å². The number of carbonyl (C=O) groups is 1. The van der Waals surface area contributed by atoms with E-state index in [0.717, 1.165) is 23.2 Å². The van der Waals surface area contributed by atoms with Crippen molar-refractivity contribution in [2.45, 2.75) is 20.3 Å². The minimum Gasteiger partial charge on any atom is -0.307 e. The summed E-state index contributed by atoms with van der Waals surface area (Å²) in [6.45, 7) is 5.07. The predicted molar refractivity (Wildman–Crippen MR) is 80.3 cm³/mol. The van der Waals surface area contributed by atoms with Gasteiger partial charge in [-0.25, -0.2) is 9.86 Å². The molecule has 0 spiro atoms. The third-order valence-electron chi connectivity index (χ3n) is 2.95. The highest BCUT2D eigenvalue weighted by Gasteiger charge is 2.18. The molecular weight excluding hydrogens is 280 g/mol. The lowest BCUT2D eigenvalue weighted by Crippen LogP contribution is -2.43. The van der Waals surface area contributed by atoms with Crippen molar-refractivity contribution in [3.05, 3.63) is 29.3 Å². The van der Waals surface area contributed by atoms with Gasteiger partial charge in [0, 0.05) is 5.69 Å². The lowest BCUT2D eigenvalue weighted by molar-refractivity contribution is -0.0472. The minimum atomic E-state index is -0.432. The van der Waals surface area contributed by atoms with Gasteiger partial charge in [0.05, 0.1) is 13.2 Å². The van der Waals surface area contributed by atoms with Crippen LogP contribution in [0.3, 0.4) is 0 Å². The molecule has 1 saturated heterocycles. The molecule has 1 aliphatic heterocycles. The minimum absolute atomic E-state index is 0. The van der Waals surface area contributed by atoms with Gasteiger partial charge >= 0.3 is 6.03 Å². The average Bonchev–Trinajstić information content (AvgIpc) is 2.88. The zero-order valence-corrected chi connectivity index (χ0v) is 12.3. The van der Waals surface area contributed by atoms with Gasteiger partial charge < -0.3 is 5.32 Å². The second-order valence-corrected chi connectivity index (χ2v) is 4.48. The smallest absolute Gasteiger partial charge is 0.307 e. The van der Waals surface area contributed by atoms with Gasteiger partial charge in [0.15, 0.2) is 0 Å². The van der Waals surface area contributed by atoms with E-state index < -0.39 is 6.03 Å². The summed E-state index contributed by atoms with van der Waals surface area (Å²) in [5.74, 6) is -0.0405. The number of amides is 2. The topological polar surface area (TPSA) is 77.5 Å². The fraction of sp³-hybridized carbons (Fsp3) is 0.385. The average molecular weight is 299 g/mol. The number of anilines is 1. The molecule has 3 N–H and O–H groups in total. The number of hydroxylamine groups is 2. The van der Waals surface area contributed by atoms with Crippen LogP contribution in [0, 0.1) is 19.3 Å². The molecule has 0 aromatic heterocycles. The van der Waals surface area contributed by atoms with Crippen LogP contribution < -0.4 is 10.6 Å². The fourth-order valence-corrected chi connectivity index (χ4v) is 1.95. The van der Waals surface area contributed by atoms with Crippen LogP contribution in [0.1, 0.15) is 17.5 Å². The Bertz CT molecular complexity index is 481. The van der Waals surface area contributed by atoms with Gasteiger partial charge in [0.2, 0.25) is 5.96 Å². The van der Waals surface area contributed by atoms with Crippen LogP contribution in [-0.2, 0) is 4.84 Å². The van der Waals surface area contributed by atoms with Crippen molar-refractivity contribution in [3.63, 3.8) is 0 Å².